The molecule has 258 valence electrons. The lowest BCUT2D eigenvalue weighted by molar-refractivity contribution is -0.321. The monoisotopic (exact) mass is 656 g/mol. The standard InChI is InChI=1S/C31H44O15/c1-14(2)10-22(37)46-26-23(43-17(5)35)25(38)30(40,13-33)24-27(44-18(6)36)31(41)15(3)28(39)45-21(31)11-19(12-32)8-9-20(29(24,26)7)42-16(4)34/h8-9,11,14-15,20-21,23-27,32-33,38,40-41H,10,12-13H2,1-7H3/b9-8-,19-11+/t15-,20-,21-,23-,24+,25+,26-,27-,29+,30-,31-/m0/s1. The fraction of sp³-hybridized carbons (Fsp3) is 0.710. The van der Waals surface area contributed by atoms with Gasteiger partial charge in [0.2, 0.25) is 0 Å². The van der Waals surface area contributed by atoms with Gasteiger partial charge in [-0.2, -0.15) is 0 Å². The van der Waals surface area contributed by atoms with Crippen molar-refractivity contribution in [1.82, 2.24) is 0 Å². The molecule has 1 heterocycles. The van der Waals surface area contributed by atoms with E-state index in [4.69, 9.17) is 23.7 Å². The van der Waals surface area contributed by atoms with Crippen LogP contribution in [0.4, 0.5) is 0 Å². The topological polar surface area (TPSA) is 233 Å². The number of aliphatic hydroxyl groups is 5. The molecule has 0 unspecified atom stereocenters. The molecule has 5 N–H and O–H groups in total. The number of ether oxygens (including phenoxy) is 5. The van der Waals surface area contributed by atoms with Crippen molar-refractivity contribution >= 4 is 29.8 Å². The lowest BCUT2D eigenvalue weighted by Gasteiger charge is -2.61. The Balaban J connectivity index is 2.57. The van der Waals surface area contributed by atoms with Crippen LogP contribution in [-0.4, -0.2) is 116 Å². The molecule has 3 aliphatic rings. The fourth-order valence-electron chi connectivity index (χ4n) is 6.92. The number of carbonyl (C=O) groups is 5. The van der Waals surface area contributed by atoms with Crippen LogP contribution in [0.3, 0.4) is 0 Å². The first-order valence-electron chi connectivity index (χ1n) is 14.9. The molecule has 0 spiro atoms. The summed E-state index contributed by atoms with van der Waals surface area (Å²) in [5.74, 6) is -8.44. The number of fused-ring (bicyclic) bond motifs is 2. The SMILES string of the molecule is CC(=O)O[C@H]1[C@@H](O)[C@](O)(CO)[C@@H]2[C@H](OC(C)=O)[C@@]3(O)[C@H](/C=C(CO)\C=C/[C@H](OC(C)=O)[C@@]2(C)[C@H]1OC(=O)CC(C)C)OC(=O)[C@@H]3C. The molecule has 0 radical (unpaired) electrons. The van der Waals surface area contributed by atoms with Gasteiger partial charge in [0.25, 0.3) is 0 Å². The molecule has 0 aromatic rings. The van der Waals surface area contributed by atoms with Gasteiger partial charge >= 0.3 is 29.8 Å². The average Bonchev–Trinajstić information content (AvgIpc) is 3.16. The van der Waals surface area contributed by atoms with Gasteiger partial charge in [0.15, 0.2) is 23.9 Å². The van der Waals surface area contributed by atoms with E-state index in [-0.39, 0.29) is 17.9 Å². The van der Waals surface area contributed by atoms with E-state index in [2.05, 4.69) is 0 Å². The molecule has 1 saturated heterocycles. The molecule has 2 fully saturated rings. The summed E-state index contributed by atoms with van der Waals surface area (Å²) in [5.41, 5.74) is -7.57. The van der Waals surface area contributed by atoms with Gasteiger partial charge in [0.05, 0.1) is 24.5 Å². The molecule has 46 heavy (non-hydrogen) atoms. The summed E-state index contributed by atoms with van der Waals surface area (Å²) in [6.07, 6.45) is -7.83. The molecular formula is C31H44O15. The molecule has 2 aliphatic carbocycles. The fourth-order valence-corrected chi connectivity index (χ4v) is 6.92. The second-order valence-electron chi connectivity index (χ2n) is 12.8. The molecule has 0 aromatic carbocycles. The normalized spacial score (nSPS) is 40.7. The second-order valence-corrected chi connectivity index (χ2v) is 12.8. The molecule has 3 rings (SSSR count). The van der Waals surface area contributed by atoms with Crippen LogP contribution >= 0.6 is 0 Å². The maximum atomic E-state index is 13.3. The van der Waals surface area contributed by atoms with Crippen molar-refractivity contribution in [2.45, 2.75) is 103 Å². The van der Waals surface area contributed by atoms with Gasteiger partial charge in [0, 0.05) is 33.1 Å². The van der Waals surface area contributed by atoms with E-state index in [0.29, 0.717) is 0 Å². The van der Waals surface area contributed by atoms with Crippen molar-refractivity contribution in [3.8, 4) is 0 Å². The highest BCUT2D eigenvalue weighted by Gasteiger charge is 2.75. The minimum absolute atomic E-state index is 0.0456. The van der Waals surface area contributed by atoms with Crippen molar-refractivity contribution < 1.29 is 73.2 Å². The zero-order valence-corrected chi connectivity index (χ0v) is 26.9. The third kappa shape index (κ3) is 6.56. The summed E-state index contributed by atoms with van der Waals surface area (Å²) in [7, 11) is 0. The summed E-state index contributed by atoms with van der Waals surface area (Å²) >= 11 is 0. The molecule has 11 atom stereocenters. The third-order valence-electron chi connectivity index (χ3n) is 9.07. The molecule has 1 aliphatic heterocycles. The molecule has 15 heteroatoms. The van der Waals surface area contributed by atoms with Crippen LogP contribution in [0.25, 0.3) is 0 Å². The second kappa shape index (κ2) is 13.8. The van der Waals surface area contributed by atoms with Crippen molar-refractivity contribution in [2.24, 2.45) is 23.2 Å². The predicted molar refractivity (Wildman–Crippen MR) is 154 cm³/mol. The van der Waals surface area contributed by atoms with E-state index in [0.717, 1.165) is 20.8 Å². The van der Waals surface area contributed by atoms with Gasteiger partial charge in [-0.25, -0.2) is 0 Å². The maximum absolute atomic E-state index is 13.3. The highest BCUT2D eigenvalue weighted by atomic mass is 16.6. The van der Waals surface area contributed by atoms with E-state index < -0.39 is 108 Å². The van der Waals surface area contributed by atoms with Gasteiger partial charge < -0.3 is 49.2 Å². The molecule has 15 nitrogen and oxygen atoms in total. The minimum atomic E-state index is -2.88. The van der Waals surface area contributed by atoms with Gasteiger partial charge in [-0.1, -0.05) is 26.8 Å². The van der Waals surface area contributed by atoms with Gasteiger partial charge in [0.1, 0.15) is 23.9 Å². The van der Waals surface area contributed by atoms with Crippen LogP contribution in [0.1, 0.15) is 54.9 Å². The van der Waals surface area contributed by atoms with Gasteiger partial charge in [-0.15, -0.1) is 0 Å². The molecule has 0 amide bonds. The van der Waals surface area contributed by atoms with Gasteiger partial charge in [-0.3, -0.25) is 24.0 Å². The van der Waals surface area contributed by atoms with E-state index in [1.54, 1.807) is 13.8 Å². The number of carbonyl (C=O) groups excluding carboxylic acids is 5. The first-order chi connectivity index (χ1) is 21.3. The highest BCUT2D eigenvalue weighted by molar-refractivity contribution is 5.78. The largest absolute Gasteiger partial charge is 0.459 e. The lowest BCUT2D eigenvalue weighted by atomic mass is 9.50. The third-order valence-corrected chi connectivity index (χ3v) is 9.07. The van der Waals surface area contributed by atoms with Crippen LogP contribution in [0, 0.1) is 23.2 Å². The molecule has 1 saturated carbocycles. The van der Waals surface area contributed by atoms with Crippen molar-refractivity contribution in [2.75, 3.05) is 13.2 Å². The maximum Gasteiger partial charge on any atom is 0.312 e. The van der Waals surface area contributed by atoms with Crippen molar-refractivity contribution in [3.05, 3.63) is 23.8 Å². The lowest BCUT2D eigenvalue weighted by Crippen LogP contribution is -2.79. The minimum Gasteiger partial charge on any atom is -0.459 e. The summed E-state index contributed by atoms with van der Waals surface area (Å²) in [6, 6.07) is 0. The number of hydrogen-bond donors (Lipinski definition) is 5. The van der Waals surface area contributed by atoms with E-state index in [9.17, 15) is 49.5 Å². The van der Waals surface area contributed by atoms with Crippen LogP contribution in [-0.2, 0) is 47.7 Å². The van der Waals surface area contributed by atoms with E-state index in [1.807, 2.05) is 0 Å². The number of aliphatic hydroxyl groups excluding tert-OH is 3. The summed E-state index contributed by atoms with van der Waals surface area (Å²) in [4.78, 5) is 64.0. The summed E-state index contributed by atoms with van der Waals surface area (Å²) in [6.45, 7) is 6.99. The van der Waals surface area contributed by atoms with Crippen molar-refractivity contribution in [1.29, 1.82) is 0 Å². The van der Waals surface area contributed by atoms with Crippen LogP contribution in [0.5, 0.6) is 0 Å². The first-order valence-corrected chi connectivity index (χ1v) is 14.9. The molecule has 0 aromatic heterocycles. The number of hydrogen-bond acceptors (Lipinski definition) is 15. The number of rotatable bonds is 8. The zero-order valence-electron chi connectivity index (χ0n) is 26.9. The quantitative estimate of drug-likeness (QED) is 0.160. The number of esters is 5. The Labute approximate surface area is 266 Å². The molecule has 0 bridgehead atoms. The van der Waals surface area contributed by atoms with Crippen LogP contribution in [0.2, 0.25) is 0 Å². The first kappa shape index (κ1) is 37.1. The molecular weight excluding hydrogens is 612 g/mol. The smallest absolute Gasteiger partial charge is 0.312 e. The summed E-state index contributed by atoms with van der Waals surface area (Å²) in [5, 5.41) is 57.5. The Morgan fingerprint density at radius 2 is 1.54 bits per heavy atom. The Bertz CT molecular complexity index is 1270. The van der Waals surface area contributed by atoms with E-state index in [1.165, 1.54) is 32.1 Å². The zero-order chi connectivity index (χ0) is 34.9. The predicted octanol–water partition coefficient (Wildman–Crippen LogP) is -0.759. The van der Waals surface area contributed by atoms with Crippen LogP contribution < -0.4 is 0 Å². The van der Waals surface area contributed by atoms with E-state index >= 15 is 0 Å². The average molecular weight is 657 g/mol. The Morgan fingerprint density at radius 3 is 2.04 bits per heavy atom. The van der Waals surface area contributed by atoms with Crippen LogP contribution in [0.15, 0.2) is 23.8 Å². The Hall–Kier alpha value is -3.37. The summed E-state index contributed by atoms with van der Waals surface area (Å²) < 4.78 is 28.1. The Kier molecular flexibility index (Phi) is 11.1. The van der Waals surface area contributed by atoms with Gasteiger partial charge in [-0.05, 0) is 30.6 Å². The van der Waals surface area contributed by atoms with Crippen molar-refractivity contribution in [3.63, 3.8) is 0 Å². The Morgan fingerprint density at radius 1 is 0.957 bits per heavy atom. The highest BCUT2D eigenvalue weighted by Crippen LogP contribution is 2.58.